The Kier molecular flexibility index (Phi) is 5.32. The molecule has 1 aliphatic carbocycles. The monoisotopic (exact) mass is 519 g/mol. The molecule has 5 aromatic heterocycles. The second kappa shape index (κ2) is 9.02. The zero-order chi connectivity index (χ0) is 26.5. The molecule has 1 aromatic carbocycles. The zero-order valence-corrected chi connectivity index (χ0v) is 20.8. The van der Waals surface area contributed by atoms with Crippen molar-refractivity contribution in [2.75, 3.05) is 12.4 Å². The molecule has 7 rings (SSSR count). The van der Waals surface area contributed by atoms with Gasteiger partial charge in [0.2, 0.25) is 5.91 Å². The third kappa shape index (κ3) is 4.25. The van der Waals surface area contributed by atoms with Gasteiger partial charge in [-0.3, -0.25) is 19.9 Å². The minimum absolute atomic E-state index is 0.0315. The van der Waals surface area contributed by atoms with E-state index in [1.807, 2.05) is 24.3 Å². The van der Waals surface area contributed by atoms with E-state index >= 15 is 0 Å². The van der Waals surface area contributed by atoms with Gasteiger partial charge in [0.05, 0.1) is 30.4 Å². The van der Waals surface area contributed by atoms with Crippen LogP contribution in [0.1, 0.15) is 12.8 Å². The second-order valence-corrected chi connectivity index (χ2v) is 9.60. The van der Waals surface area contributed by atoms with E-state index in [1.165, 1.54) is 19.2 Å². The number of aromatic amines is 2. The molecule has 0 bridgehead atoms. The summed E-state index contributed by atoms with van der Waals surface area (Å²) in [6, 6.07) is 12.2. The number of nitrogens with one attached hydrogen (secondary N) is 3. The number of halogens is 1. The van der Waals surface area contributed by atoms with E-state index < -0.39 is 5.82 Å². The van der Waals surface area contributed by atoms with Gasteiger partial charge in [-0.15, -0.1) is 0 Å². The fourth-order valence-electron chi connectivity index (χ4n) is 4.75. The number of anilines is 1. The molecule has 1 fully saturated rings. The van der Waals surface area contributed by atoms with Gasteiger partial charge >= 0.3 is 0 Å². The van der Waals surface area contributed by atoms with Gasteiger partial charge in [-0.1, -0.05) is 0 Å². The number of carbonyl (C=O) groups excluding carboxylic acids is 1. The summed E-state index contributed by atoms with van der Waals surface area (Å²) >= 11 is 0. The molecule has 3 N–H and O–H groups in total. The van der Waals surface area contributed by atoms with Crippen LogP contribution in [0, 0.1) is 11.7 Å². The lowest BCUT2D eigenvalue weighted by Crippen LogP contribution is -2.13. The summed E-state index contributed by atoms with van der Waals surface area (Å²) in [7, 11) is 1.50. The molecule has 6 aromatic rings. The van der Waals surface area contributed by atoms with Crippen LogP contribution in [0.2, 0.25) is 0 Å². The Morgan fingerprint density at radius 2 is 1.85 bits per heavy atom. The van der Waals surface area contributed by atoms with E-state index in [1.54, 1.807) is 30.9 Å². The standard InChI is InChI=1S/C29H22FN7O2/c1-39-21-8-16(6-19(30)10-21)26-22-11-25(35-24(22)4-5-32-26)27-23-9-18(13-33-28(23)37-36-27)17-7-20(14-31-12-17)34-29(38)15-2-3-15/h4-15,35H,2-3H2,1H3,(H,34,38)(H,33,36,37). The summed E-state index contributed by atoms with van der Waals surface area (Å²) in [5.74, 6) is 0.155. The van der Waals surface area contributed by atoms with Crippen LogP contribution >= 0.6 is 0 Å². The number of ether oxygens (including phenoxy) is 1. The lowest BCUT2D eigenvalue weighted by atomic mass is 10.1. The molecule has 0 saturated heterocycles. The number of amides is 1. The summed E-state index contributed by atoms with van der Waals surface area (Å²) in [4.78, 5) is 29.0. The fourth-order valence-corrected chi connectivity index (χ4v) is 4.75. The molecule has 0 unspecified atom stereocenters. The second-order valence-electron chi connectivity index (χ2n) is 9.60. The van der Waals surface area contributed by atoms with Gasteiger partial charge in [0.1, 0.15) is 17.3 Å². The SMILES string of the molecule is COc1cc(F)cc(-c2nccc3[nH]c(-c4n[nH]c5ncc(-c6cncc(NC(=O)C7CC7)c6)cc45)cc23)c1. The highest BCUT2D eigenvalue weighted by Gasteiger charge is 2.29. The predicted molar refractivity (Wildman–Crippen MR) is 146 cm³/mol. The van der Waals surface area contributed by atoms with Crippen LogP contribution in [0.4, 0.5) is 10.1 Å². The summed E-state index contributed by atoms with van der Waals surface area (Å²) in [6.45, 7) is 0. The smallest absolute Gasteiger partial charge is 0.227 e. The number of benzene rings is 1. The number of carbonyl (C=O) groups is 1. The number of rotatable bonds is 6. The topological polar surface area (TPSA) is 121 Å². The molecule has 9 nitrogen and oxygen atoms in total. The molecular formula is C29H22FN7O2. The van der Waals surface area contributed by atoms with Crippen LogP contribution in [-0.2, 0) is 4.79 Å². The number of H-pyrrole nitrogens is 2. The Labute approximate surface area is 221 Å². The summed E-state index contributed by atoms with van der Waals surface area (Å²) in [5, 5.41) is 12.1. The maximum Gasteiger partial charge on any atom is 0.227 e. The highest BCUT2D eigenvalue weighted by atomic mass is 19.1. The maximum absolute atomic E-state index is 14.2. The van der Waals surface area contributed by atoms with E-state index in [0.29, 0.717) is 34.0 Å². The quantitative estimate of drug-likeness (QED) is 0.259. The molecule has 10 heteroatoms. The van der Waals surface area contributed by atoms with Crippen molar-refractivity contribution in [3.05, 3.63) is 73.1 Å². The van der Waals surface area contributed by atoms with Crippen molar-refractivity contribution in [3.63, 3.8) is 0 Å². The van der Waals surface area contributed by atoms with Gasteiger partial charge in [-0.05, 0) is 49.2 Å². The molecule has 1 amide bonds. The first-order valence-electron chi connectivity index (χ1n) is 12.5. The molecule has 0 aliphatic heterocycles. The maximum atomic E-state index is 14.2. The van der Waals surface area contributed by atoms with E-state index in [4.69, 9.17) is 4.74 Å². The van der Waals surface area contributed by atoms with Gasteiger partial charge in [0, 0.05) is 63.6 Å². The Hall–Kier alpha value is -5.12. The molecule has 1 saturated carbocycles. The van der Waals surface area contributed by atoms with Crippen LogP contribution < -0.4 is 10.1 Å². The number of hydrogen-bond donors (Lipinski definition) is 3. The first kappa shape index (κ1) is 23.0. The minimum Gasteiger partial charge on any atom is -0.497 e. The van der Waals surface area contributed by atoms with E-state index in [2.05, 4.69) is 35.5 Å². The lowest BCUT2D eigenvalue weighted by Gasteiger charge is -2.07. The van der Waals surface area contributed by atoms with Crippen molar-refractivity contribution in [2.24, 2.45) is 5.92 Å². The Morgan fingerprint density at radius 1 is 0.974 bits per heavy atom. The van der Waals surface area contributed by atoms with E-state index in [9.17, 15) is 9.18 Å². The van der Waals surface area contributed by atoms with Gasteiger partial charge in [0.15, 0.2) is 5.65 Å². The van der Waals surface area contributed by atoms with Crippen molar-refractivity contribution >= 4 is 33.5 Å². The largest absolute Gasteiger partial charge is 0.497 e. The Bertz CT molecular complexity index is 1890. The van der Waals surface area contributed by atoms with Gasteiger partial charge < -0.3 is 15.0 Å². The number of methoxy groups -OCH3 is 1. The van der Waals surface area contributed by atoms with Crippen LogP contribution in [0.25, 0.3) is 55.7 Å². The fraction of sp³-hybridized carbons (Fsp3) is 0.138. The first-order valence-corrected chi connectivity index (χ1v) is 12.5. The van der Waals surface area contributed by atoms with E-state index in [0.717, 1.165) is 46.0 Å². The third-order valence-corrected chi connectivity index (χ3v) is 6.89. The molecule has 0 radical (unpaired) electrons. The highest BCUT2D eigenvalue weighted by Crippen LogP contribution is 2.35. The number of aromatic nitrogens is 6. The summed E-state index contributed by atoms with van der Waals surface area (Å²) in [6.07, 6.45) is 8.68. The van der Waals surface area contributed by atoms with Crippen molar-refractivity contribution in [3.8, 4) is 39.5 Å². The van der Waals surface area contributed by atoms with Gasteiger partial charge in [-0.2, -0.15) is 5.10 Å². The van der Waals surface area contributed by atoms with Crippen LogP contribution in [0.5, 0.6) is 5.75 Å². The van der Waals surface area contributed by atoms with E-state index in [-0.39, 0.29) is 11.8 Å². The zero-order valence-electron chi connectivity index (χ0n) is 20.8. The highest BCUT2D eigenvalue weighted by molar-refractivity contribution is 6.00. The van der Waals surface area contributed by atoms with Gasteiger partial charge in [0.25, 0.3) is 0 Å². The Balaban J connectivity index is 1.28. The Morgan fingerprint density at radius 3 is 2.69 bits per heavy atom. The molecule has 39 heavy (non-hydrogen) atoms. The molecule has 0 spiro atoms. The third-order valence-electron chi connectivity index (χ3n) is 6.89. The van der Waals surface area contributed by atoms with Crippen LogP contribution in [-0.4, -0.2) is 43.2 Å². The van der Waals surface area contributed by atoms with Crippen LogP contribution in [0.3, 0.4) is 0 Å². The molecular weight excluding hydrogens is 497 g/mol. The summed E-state index contributed by atoms with van der Waals surface area (Å²) < 4.78 is 19.5. The van der Waals surface area contributed by atoms with Crippen molar-refractivity contribution in [1.29, 1.82) is 0 Å². The molecule has 192 valence electrons. The van der Waals surface area contributed by atoms with Crippen molar-refractivity contribution in [1.82, 2.24) is 30.1 Å². The van der Waals surface area contributed by atoms with Crippen LogP contribution in [0.15, 0.2) is 67.3 Å². The molecule has 1 aliphatic rings. The molecule has 0 atom stereocenters. The minimum atomic E-state index is -0.401. The summed E-state index contributed by atoms with van der Waals surface area (Å²) in [5.41, 5.74) is 6.47. The average Bonchev–Trinajstić information content (AvgIpc) is 3.58. The first-order chi connectivity index (χ1) is 19.1. The number of hydrogen-bond acceptors (Lipinski definition) is 6. The number of nitrogens with zero attached hydrogens (tertiary/aromatic N) is 4. The normalized spacial score (nSPS) is 13.2. The van der Waals surface area contributed by atoms with Crippen molar-refractivity contribution in [2.45, 2.75) is 12.8 Å². The van der Waals surface area contributed by atoms with Gasteiger partial charge in [-0.25, -0.2) is 9.37 Å². The number of fused-ring (bicyclic) bond motifs is 2. The number of pyridine rings is 3. The predicted octanol–water partition coefficient (Wildman–Crippen LogP) is 5.73. The molecule has 5 heterocycles. The van der Waals surface area contributed by atoms with Crippen molar-refractivity contribution < 1.29 is 13.9 Å². The average molecular weight is 520 g/mol. The lowest BCUT2D eigenvalue weighted by molar-refractivity contribution is -0.117.